The van der Waals surface area contributed by atoms with Crippen LogP contribution in [-0.2, 0) is 5.41 Å². The Kier molecular flexibility index (Phi) is 3.02. The lowest BCUT2D eigenvalue weighted by Crippen LogP contribution is -2.38. The second-order valence-corrected chi connectivity index (χ2v) is 5.34. The van der Waals surface area contributed by atoms with Gasteiger partial charge in [0.05, 0.1) is 5.57 Å². The molecule has 1 aliphatic carbocycles. The van der Waals surface area contributed by atoms with Crippen molar-refractivity contribution in [1.82, 2.24) is 0 Å². The van der Waals surface area contributed by atoms with Gasteiger partial charge in [-0.15, -0.1) is 0 Å². The summed E-state index contributed by atoms with van der Waals surface area (Å²) in [7, 11) is 0. The molecular weight excluding hydrogens is 220 g/mol. The van der Waals surface area contributed by atoms with Crippen LogP contribution < -0.4 is 0 Å². The van der Waals surface area contributed by atoms with E-state index in [2.05, 4.69) is 39.8 Å². The zero-order valence-electron chi connectivity index (χ0n) is 11.8. The molecule has 1 nitrogen and oxygen atoms in total. The molecular formula is C17H21O+. The maximum absolute atomic E-state index is 10.6. The second-order valence-electron chi connectivity index (χ2n) is 5.34. The highest BCUT2D eigenvalue weighted by atomic mass is 16.1. The molecule has 1 atom stereocenters. The number of benzene rings is 1. The highest BCUT2D eigenvalue weighted by molar-refractivity contribution is 6.08. The molecule has 2 rings (SSSR count). The monoisotopic (exact) mass is 241 g/mol. The topological polar surface area (TPSA) is 21.4 Å². The van der Waals surface area contributed by atoms with E-state index in [9.17, 15) is 4.79 Å². The Balaban J connectivity index is 2.70. The van der Waals surface area contributed by atoms with Crippen LogP contribution in [0.5, 0.6) is 0 Å². The number of hydrogen-bond donors (Lipinski definition) is 0. The number of carbonyl (C=O) groups excluding carboxylic acids is 1. The van der Waals surface area contributed by atoms with E-state index in [-0.39, 0.29) is 0 Å². The van der Waals surface area contributed by atoms with Gasteiger partial charge in [0.15, 0.2) is 0 Å². The minimum atomic E-state index is -0.394. The Morgan fingerprint density at radius 1 is 0.833 bits per heavy atom. The summed E-state index contributed by atoms with van der Waals surface area (Å²) in [5, 5.41) is 0. The second kappa shape index (κ2) is 4.24. The third kappa shape index (κ3) is 1.58. The summed E-state index contributed by atoms with van der Waals surface area (Å²) in [4.78, 5) is 10.6. The summed E-state index contributed by atoms with van der Waals surface area (Å²) in [6.07, 6.45) is 0. The van der Waals surface area contributed by atoms with Crippen molar-refractivity contribution in [3.05, 3.63) is 58.2 Å². The van der Waals surface area contributed by atoms with Crippen LogP contribution in [0.15, 0.2) is 52.6 Å². The zero-order valence-corrected chi connectivity index (χ0v) is 11.8. The fourth-order valence-electron chi connectivity index (χ4n) is 2.79. The predicted octanol–water partition coefficient (Wildman–Crippen LogP) is 4.18. The van der Waals surface area contributed by atoms with Gasteiger partial charge in [-0.2, -0.15) is 0 Å². The fraction of sp³-hybridized carbons (Fsp3) is 0.353. The van der Waals surface area contributed by atoms with Gasteiger partial charge in [0.25, 0.3) is 0 Å². The van der Waals surface area contributed by atoms with Gasteiger partial charge in [0.2, 0.25) is 0 Å². The maximum atomic E-state index is 10.6. The standard InChI is InChI=1S/C17H20O/c1-11-12(2)14(4)17(5,16(18)13(11)3)15-9-7-6-8-10-15/h6-10H,1-5H3/p+1. The van der Waals surface area contributed by atoms with E-state index in [4.69, 9.17) is 0 Å². The summed E-state index contributed by atoms with van der Waals surface area (Å²) in [5.41, 5.74) is 5.47. The highest BCUT2D eigenvalue weighted by Crippen LogP contribution is 2.42. The van der Waals surface area contributed by atoms with Crippen LogP contribution in [0.4, 0.5) is 0 Å². The van der Waals surface area contributed by atoms with E-state index >= 15 is 0 Å². The molecule has 1 aliphatic rings. The summed E-state index contributed by atoms with van der Waals surface area (Å²) in [6, 6.07) is 10.2. The minimum absolute atomic E-state index is 0.394. The molecule has 1 heteroatoms. The normalized spacial score (nSPS) is 24.8. The lowest BCUT2D eigenvalue weighted by atomic mass is 9.65. The van der Waals surface area contributed by atoms with Crippen molar-refractivity contribution in [3.8, 4) is 0 Å². The van der Waals surface area contributed by atoms with Gasteiger partial charge in [-0.3, -0.25) is 4.79 Å². The van der Waals surface area contributed by atoms with Crippen LogP contribution in [0.3, 0.4) is 0 Å². The number of allylic oxidation sites excluding steroid dienone is 4. The predicted molar refractivity (Wildman–Crippen MR) is 77.5 cm³/mol. The van der Waals surface area contributed by atoms with Gasteiger partial charge in [0.1, 0.15) is 5.41 Å². The lowest BCUT2D eigenvalue weighted by Gasteiger charge is -2.32. The van der Waals surface area contributed by atoms with Crippen molar-refractivity contribution >= 4 is 5.78 Å². The smallest absolute Gasteiger partial charge is 0.277 e. The van der Waals surface area contributed by atoms with Crippen LogP contribution in [0.1, 0.15) is 40.2 Å². The van der Waals surface area contributed by atoms with E-state index in [1.54, 1.807) is 0 Å². The molecule has 18 heavy (non-hydrogen) atoms. The van der Waals surface area contributed by atoms with Crippen LogP contribution >= 0.6 is 0 Å². The molecule has 0 spiro atoms. The summed E-state index contributed by atoms with van der Waals surface area (Å²) < 4.78 is 0. The molecule has 94 valence electrons. The molecule has 0 fully saturated rings. The largest absolute Gasteiger partial charge is 0.333 e. The fourth-order valence-corrected chi connectivity index (χ4v) is 2.79. The van der Waals surface area contributed by atoms with Gasteiger partial charge in [-0.1, -0.05) is 30.3 Å². The van der Waals surface area contributed by atoms with Crippen LogP contribution in [0.2, 0.25) is 0 Å². The molecule has 0 saturated heterocycles. The van der Waals surface area contributed by atoms with Crippen LogP contribution in [-0.4, -0.2) is 10.6 Å². The summed E-state index contributed by atoms with van der Waals surface area (Å²) in [6.45, 7) is 10.4. The van der Waals surface area contributed by atoms with Gasteiger partial charge < -0.3 is 0 Å². The van der Waals surface area contributed by atoms with Gasteiger partial charge >= 0.3 is 5.78 Å². The first-order valence-electron chi connectivity index (χ1n) is 6.38. The van der Waals surface area contributed by atoms with Gasteiger partial charge in [-0.25, -0.2) is 0 Å². The molecule has 0 amide bonds. The number of rotatable bonds is 1. The van der Waals surface area contributed by atoms with Crippen molar-refractivity contribution in [2.75, 3.05) is 0 Å². The number of hydrogen-bond acceptors (Lipinski definition) is 0. The first-order valence-corrected chi connectivity index (χ1v) is 6.38. The summed E-state index contributed by atoms with van der Waals surface area (Å²) in [5.74, 6) is 0.481. The van der Waals surface area contributed by atoms with Crippen molar-refractivity contribution < 1.29 is 4.79 Å². The minimum Gasteiger partial charge on any atom is -0.277 e. The number of ketones is 1. The lowest BCUT2D eigenvalue weighted by molar-refractivity contribution is 0.591. The Bertz CT molecular complexity index is 561. The first kappa shape index (κ1) is 12.8. The van der Waals surface area contributed by atoms with Crippen LogP contribution in [0, 0.1) is 0 Å². The van der Waals surface area contributed by atoms with Crippen molar-refractivity contribution in [3.63, 3.8) is 0 Å². The average Bonchev–Trinajstić information content (AvgIpc) is 2.42. The molecule has 1 N–H and O–H groups in total. The van der Waals surface area contributed by atoms with E-state index in [1.165, 1.54) is 16.7 Å². The highest BCUT2D eigenvalue weighted by Gasteiger charge is 2.46. The van der Waals surface area contributed by atoms with Gasteiger partial charge in [-0.05, 0) is 56.9 Å². The Labute approximate surface area is 109 Å². The zero-order chi connectivity index (χ0) is 13.5. The Morgan fingerprint density at radius 3 is 1.94 bits per heavy atom. The maximum Gasteiger partial charge on any atom is 0.333 e. The molecule has 0 bridgehead atoms. The average molecular weight is 241 g/mol. The molecule has 1 unspecified atom stereocenters. The van der Waals surface area contributed by atoms with E-state index in [0.717, 1.165) is 11.1 Å². The van der Waals surface area contributed by atoms with Crippen molar-refractivity contribution in [2.24, 2.45) is 0 Å². The Morgan fingerprint density at radius 2 is 1.39 bits per heavy atom. The van der Waals surface area contributed by atoms with Crippen molar-refractivity contribution in [2.45, 2.75) is 40.0 Å². The molecule has 0 saturated carbocycles. The first-order chi connectivity index (χ1) is 8.40. The van der Waals surface area contributed by atoms with Gasteiger partial charge in [0, 0.05) is 0 Å². The molecule has 0 aromatic heterocycles. The van der Waals surface area contributed by atoms with E-state index in [0.29, 0.717) is 5.78 Å². The third-order valence-corrected chi connectivity index (χ3v) is 4.62. The van der Waals surface area contributed by atoms with E-state index in [1.807, 2.05) is 25.1 Å². The summed E-state index contributed by atoms with van der Waals surface area (Å²) >= 11 is 0. The molecule has 1 aromatic rings. The van der Waals surface area contributed by atoms with E-state index < -0.39 is 5.41 Å². The molecule has 0 aliphatic heterocycles. The molecule has 0 radical (unpaired) electrons. The Hall–Kier alpha value is -1.63. The third-order valence-electron chi connectivity index (χ3n) is 4.62. The molecule has 1 aromatic carbocycles. The van der Waals surface area contributed by atoms with Crippen LogP contribution in [0.25, 0.3) is 0 Å². The van der Waals surface area contributed by atoms with Crippen molar-refractivity contribution in [1.29, 1.82) is 0 Å². The SMILES string of the molecule is CC1=C(C)C(C)=C(C)C(C)(c2ccccc2)C1=[OH+]. The molecule has 0 heterocycles. The quantitative estimate of drug-likeness (QED) is 0.658.